The molecule has 4 heteroatoms. The van der Waals surface area contributed by atoms with E-state index in [1.54, 1.807) is 0 Å². The van der Waals surface area contributed by atoms with Crippen LogP contribution >= 0.6 is 0 Å². The maximum atomic E-state index is 4.77. The predicted octanol–water partition coefficient (Wildman–Crippen LogP) is 4.17. The number of hydrogen-bond acceptors (Lipinski definition) is 4. The smallest absolute Gasteiger partial charge is 0.136 e. The topological polar surface area (TPSA) is 49.8 Å². The number of nitrogens with zero attached hydrogens (tertiary/aromatic N) is 2. The first-order valence-electron chi connectivity index (χ1n) is 8.65. The van der Waals surface area contributed by atoms with E-state index in [9.17, 15) is 0 Å². The lowest BCUT2D eigenvalue weighted by Gasteiger charge is -2.30. The van der Waals surface area contributed by atoms with Crippen molar-refractivity contribution in [2.45, 2.75) is 70.8 Å². The average Bonchev–Trinajstić information content (AvgIpc) is 3.32. The Morgan fingerprint density at radius 1 is 1.10 bits per heavy atom. The Kier molecular flexibility index (Phi) is 4.61. The lowest BCUT2D eigenvalue weighted by molar-refractivity contribution is 0.349. The van der Waals surface area contributed by atoms with Crippen LogP contribution in [0.25, 0.3) is 0 Å². The molecule has 0 amide bonds. The van der Waals surface area contributed by atoms with Crippen molar-refractivity contribution in [2.24, 2.45) is 5.92 Å². The van der Waals surface area contributed by atoms with Gasteiger partial charge in [0, 0.05) is 24.6 Å². The van der Waals surface area contributed by atoms with E-state index in [1.165, 1.54) is 38.5 Å². The third-order valence-corrected chi connectivity index (χ3v) is 4.69. The normalized spacial score (nSPS) is 25.6. The summed E-state index contributed by atoms with van der Waals surface area (Å²) in [6.45, 7) is 5.51. The van der Waals surface area contributed by atoms with Gasteiger partial charge in [0.25, 0.3) is 0 Å². The molecule has 2 aliphatic carbocycles. The van der Waals surface area contributed by atoms with Gasteiger partial charge in [0.05, 0.1) is 0 Å². The second-order valence-electron chi connectivity index (χ2n) is 6.71. The van der Waals surface area contributed by atoms with E-state index in [4.69, 9.17) is 4.98 Å². The van der Waals surface area contributed by atoms with E-state index in [0.717, 1.165) is 36.3 Å². The minimum Gasteiger partial charge on any atom is -0.370 e. The second-order valence-corrected chi connectivity index (χ2v) is 6.71. The lowest BCUT2D eigenvalue weighted by Crippen LogP contribution is -2.30. The van der Waals surface area contributed by atoms with Crippen LogP contribution in [0.1, 0.15) is 70.5 Å². The Balaban J connectivity index is 1.74. The zero-order valence-electron chi connectivity index (χ0n) is 13.4. The van der Waals surface area contributed by atoms with Gasteiger partial charge in [-0.3, -0.25) is 0 Å². The summed E-state index contributed by atoms with van der Waals surface area (Å²) < 4.78 is 0. The number of rotatable bonds is 6. The van der Waals surface area contributed by atoms with Gasteiger partial charge in [-0.25, -0.2) is 9.97 Å². The minimum absolute atomic E-state index is 0.569. The molecule has 3 rings (SSSR count). The third-order valence-electron chi connectivity index (χ3n) is 4.69. The van der Waals surface area contributed by atoms with Gasteiger partial charge in [-0.2, -0.15) is 0 Å². The monoisotopic (exact) mass is 288 g/mol. The van der Waals surface area contributed by atoms with E-state index in [-0.39, 0.29) is 0 Å². The zero-order valence-corrected chi connectivity index (χ0v) is 13.4. The molecular weight excluding hydrogens is 260 g/mol. The molecule has 2 saturated carbocycles. The van der Waals surface area contributed by atoms with Gasteiger partial charge in [-0.05, 0) is 38.0 Å². The second kappa shape index (κ2) is 6.63. The Morgan fingerprint density at radius 2 is 1.86 bits per heavy atom. The summed E-state index contributed by atoms with van der Waals surface area (Å²) in [6, 6.07) is 2.66. The van der Waals surface area contributed by atoms with Gasteiger partial charge in [0.15, 0.2) is 0 Å². The minimum atomic E-state index is 0.569. The van der Waals surface area contributed by atoms with Gasteiger partial charge in [0.2, 0.25) is 0 Å². The van der Waals surface area contributed by atoms with Crippen LogP contribution in [0, 0.1) is 5.92 Å². The molecule has 2 fully saturated rings. The molecule has 2 N–H and O–H groups in total. The molecular formula is C17H28N4. The highest BCUT2D eigenvalue weighted by molar-refractivity contribution is 5.48. The van der Waals surface area contributed by atoms with Crippen LogP contribution in [-0.4, -0.2) is 22.6 Å². The van der Waals surface area contributed by atoms with Crippen LogP contribution in [0.3, 0.4) is 0 Å². The molecule has 0 radical (unpaired) electrons. The number of hydrogen-bond donors (Lipinski definition) is 2. The fraction of sp³-hybridized carbons (Fsp3) is 0.765. The standard InChI is InChI=1S/C17H28N4/c1-3-10-18-15-11-16(21-17(20-15)13-8-9-13)19-14-7-5-4-6-12(14)2/h11-14H,3-10H2,1-2H3,(H2,18,19,20,21). The van der Waals surface area contributed by atoms with Gasteiger partial charge in [-0.15, -0.1) is 0 Å². The van der Waals surface area contributed by atoms with Crippen LogP contribution in [0.2, 0.25) is 0 Å². The molecule has 0 aromatic carbocycles. The van der Waals surface area contributed by atoms with Crippen molar-refractivity contribution < 1.29 is 0 Å². The number of anilines is 2. The molecule has 2 aliphatic rings. The maximum Gasteiger partial charge on any atom is 0.136 e. The van der Waals surface area contributed by atoms with E-state index in [0.29, 0.717) is 12.0 Å². The maximum absolute atomic E-state index is 4.77. The largest absolute Gasteiger partial charge is 0.370 e. The molecule has 0 aliphatic heterocycles. The van der Waals surface area contributed by atoms with Crippen molar-refractivity contribution in [3.05, 3.63) is 11.9 Å². The first-order valence-corrected chi connectivity index (χ1v) is 8.65. The van der Waals surface area contributed by atoms with E-state index in [1.807, 2.05) is 0 Å². The predicted molar refractivity (Wildman–Crippen MR) is 87.8 cm³/mol. The third kappa shape index (κ3) is 3.86. The fourth-order valence-corrected chi connectivity index (χ4v) is 3.13. The van der Waals surface area contributed by atoms with Crippen molar-refractivity contribution in [1.29, 1.82) is 0 Å². The summed E-state index contributed by atoms with van der Waals surface area (Å²) in [6.07, 6.45) is 8.92. The van der Waals surface area contributed by atoms with Crippen molar-refractivity contribution >= 4 is 11.6 Å². The van der Waals surface area contributed by atoms with Crippen LogP contribution < -0.4 is 10.6 Å². The molecule has 2 unspecified atom stereocenters. The van der Waals surface area contributed by atoms with Crippen LogP contribution in [-0.2, 0) is 0 Å². The molecule has 0 spiro atoms. The summed E-state index contributed by atoms with van der Waals surface area (Å²) >= 11 is 0. The van der Waals surface area contributed by atoms with Crippen LogP contribution in [0.5, 0.6) is 0 Å². The van der Waals surface area contributed by atoms with E-state index < -0.39 is 0 Å². The Bertz CT molecular complexity index is 470. The van der Waals surface area contributed by atoms with Gasteiger partial charge >= 0.3 is 0 Å². The van der Waals surface area contributed by atoms with Crippen molar-refractivity contribution in [3.8, 4) is 0 Å². The first-order chi connectivity index (χ1) is 10.3. The molecule has 0 bridgehead atoms. The first kappa shape index (κ1) is 14.6. The highest BCUT2D eigenvalue weighted by Gasteiger charge is 2.28. The molecule has 4 nitrogen and oxygen atoms in total. The van der Waals surface area contributed by atoms with Crippen molar-refractivity contribution in [1.82, 2.24) is 9.97 Å². The van der Waals surface area contributed by atoms with E-state index in [2.05, 4.69) is 35.5 Å². The van der Waals surface area contributed by atoms with Crippen LogP contribution in [0.4, 0.5) is 11.6 Å². The molecule has 1 heterocycles. The summed E-state index contributed by atoms with van der Waals surface area (Å²) in [7, 11) is 0. The van der Waals surface area contributed by atoms with Gasteiger partial charge < -0.3 is 10.6 Å². The van der Waals surface area contributed by atoms with Gasteiger partial charge in [0.1, 0.15) is 17.5 Å². The SMILES string of the molecule is CCCNc1cc(NC2CCCCC2C)nc(C2CC2)n1. The molecule has 0 saturated heterocycles. The Morgan fingerprint density at radius 3 is 2.57 bits per heavy atom. The summed E-state index contributed by atoms with van der Waals surface area (Å²) in [5.74, 6) is 4.37. The van der Waals surface area contributed by atoms with Crippen molar-refractivity contribution in [2.75, 3.05) is 17.2 Å². The van der Waals surface area contributed by atoms with Gasteiger partial charge in [-0.1, -0.05) is 26.7 Å². The Labute approximate surface area is 128 Å². The Hall–Kier alpha value is -1.32. The van der Waals surface area contributed by atoms with Crippen LogP contribution in [0.15, 0.2) is 6.07 Å². The van der Waals surface area contributed by atoms with Crippen molar-refractivity contribution in [3.63, 3.8) is 0 Å². The summed E-state index contributed by atoms with van der Waals surface area (Å²) in [5, 5.41) is 7.09. The quantitative estimate of drug-likeness (QED) is 0.825. The summed E-state index contributed by atoms with van der Waals surface area (Å²) in [4.78, 5) is 9.45. The molecule has 2 atom stereocenters. The highest BCUT2D eigenvalue weighted by Crippen LogP contribution is 2.39. The lowest BCUT2D eigenvalue weighted by atomic mass is 9.86. The molecule has 21 heavy (non-hydrogen) atoms. The molecule has 116 valence electrons. The number of aromatic nitrogens is 2. The molecule has 1 aromatic rings. The van der Waals surface area contributed by atoms with E-state index >= 15 is 0 Å². The zero-order chi connectivity index (χ0) is 14.7. The highest BCUT2D eigenvalue weighted by atomic mass is 15.1. The average molecular weight is 288 g/mol. The number of nitrogens with one attached hydrogen (secondary N) is 2. The fourth-order valence-electron chi connectivity index (χ4n) is 3.13. The summed E-state index contributed by atoms with van der Waals surface area (Å²) in [5.41, 5.74) is 0. The molecule has 1 aromatic heterocycles.